The number of Topliss-reactive ketones (excluding diaryl/α,β-unsaturated/α-hetero) is 1. The summed E-state index contributed by atoms with van der Waals surface area (Å²) in [4.78, 5) is 28.4. The smallest absolute Gasteiger partial charge is 0.305 e. The van der Waals surface area contributed by atoms with E-state index in [1.807, 2.05) is 27.7 Å². The van der Waals surface area contributed by atoms with Gasteiger partial charge in [0.05, 0.1) is 30.0 Å². The molecule has 0 unspecified atom stereocenters. The Labute approximate surface area is 193 Å². The quantitative estimate of drug-likeness (QED) is 0.436. The molecule has 7 heteroatoms. The molecule has 1 aromatic carbocycles. The number of rotatable bonds is 10. The number of benzene rings is 1. The third-order valence-corrected chi connectivity index (χ3v) is 5.28. The van der Waals surface area contributed by atoms with Gasteiger partial charge in [-0.05, 0) is 36.5 Å². The summed E-state index contributed by atoms with van der Waals surface area (Å²) < 4.78 is 13.7. The summed E-state index contributed by atoms with van der Waals surface area (Å²) in [6.07, 6.45) is 0.184. The molecule has 2 rings (SSSR count). The molecule has 0 amide bonds. The Morgan fingerprint density at radius 3 is 2.09 bits per heavy atom. The second kappa shape index (κ2) is 11.3. The van der Waals surface area contributed by atoms with Crippen molar-refractivity contribution >= 4 is 17.8 Å². The molecule has 0 aliphatic heterocycles. The van der Waals surface area contributed by atoms with Crippen LogP contribution in [0.3, 0.4) is 0 Å². The van der Waals surface area contributed by atoms with Gasteiger partial charge in [-0.15, -0.1) is 0 Å². The van der Waals surface area contributed by atoms with Crippen LogP contribution in [-0.4, -0.2) is 44.3 Å². The number of pyridine rings is 1. The van der Waals surface area contributed by atoms with E-state index in [1.54, 1.807) is 18.2 Å². The highest BCUT2D eigenvalue weighted by Gasteiger charge is 2.25. The van der Waals surface area contributed by atoms with Crippen LogP contribution in [0.1, 0.15) is 86.6 Å². The second-order valence-corrected chi connectivity index (χ2v) is 8.83. The van der Waals surface area contributed by atoms with Crippen molar-refractivity contribution in [3.63, 3.8) is 0 Å². The normalized spacial score (nSPS) is 13.6. The van der Waals surface area contributed by atoms with Crippen LogP contribution in [0.15, 0.2) is 30.3 Å². The number of aliphatic hydroxyl groups excluding tert-OH is 2. The van der Waals surface area contributed by atoms with E-state index in [4.69, 9.17) is 10.1 Å². The lowest BCUT2D eigenvalue weighted by molar-refractivity contribution is -0.139. The number of aromatic nitrogens is 1. The molecule has 0 spiro atoms. The third kappa shape index (κ3) is 6.79. The minimum Gasteiger partial charge on any atom is -0.481 e. The molecular formula is C26H32FNO5. The molecule has 1 heterocycles. The molecule has 6 nitrogen and oxygen atoms in total. The van der Waals surface area contributed by atoms with Crippen molar-refractivity contribution in [3.8, 4) is 11.1 Å². The molecule has 0 aliphatic carbocycles. The van der Waals surface area contributed by atoms with E-state index in [0.717, 1.165) is 5.69 Å². The van der Waals surface area contributed by atoms with E-state index in [-0.39, 0.29) is 24.0 Å². The molecule has 0 saturated heterocycles. The molecule has 0 radical (unpaired) electrons. The van der Waals surface area contributed by atoms with Crippen molar-refractivity contribution in [1.29, 1.82) is 0 Å². The van der Waals surface area contributed by atoms with Crippen LogP contribution in [0, 0.1) is 5.82 Å². The molecule has 178 valence electrons. The first-order chi connectivity index (χ1) is 15.4. The predicted octanol–water partition coefficient (Wildman–Crippen LogP) is 4.94. The van der Waals surface area contributed by atoms with E-state index >= 15 is 0 Å². The maximum Gasteiger partial charge on any atom is 0.305 e. The number of hydrogen-bond acceptors (Lipinski definition) is 5. The molecule has 2 aromatic rings. The summed E-state index contributed by atoms with van der Waals surface area (Å²) >= 11 is 0. The first kappa shape index (κ1) is 26.4. The Hall–Kier alpha value is -2.90. The molecule has 0 fully saturated rings. The molecule has 0 saturated carbocycles. The summed E-state index contributed by atoms with van der Waals surface area (Å²) in [5, 5.41) is 29.0. The monoisotopic (exact) mass is 457 g/mol. The fraction of sp³-hybridized carbons (Fsp3) is 0.423. The van der Waals surface area contributed by atoms with Gasteiger partial charge in [0.1, 0.15) is 5.82 Å². The van der Waals surface area contributed by atoms with Gasteiger partial charge in [0, 0.05) is 23.1 Å². The maximum absolute atomic E-state index is 13.7. The molecule has 1 aromatic heterocycles. The van der Waals surface area contributed by atoms with E-state index in [2.05, 4.69) is 0 Å². The predicted molar refractivity (Wildman–Crippen MR) is 126 cm³/mol. The van der Waals surface area contributed by atoms with Gasteiger partial charge in [-0.1, -0.05) is 52.0 Å². The van der Waals surface area contributed by atoms with Gasteiger partial charge in [-0.25, -0.2) is 4.39 Å². The maximum atomic E-state index is 13.7. The number of hydrogen-bond donors (Lipinski definition) is 3. The Morgan fingerprint density at radius 2 is 1.61 bits per heavy atom. The van der Waals surface area contributed by atoms with Crippen LogP contribution >= 0.6 is 0 Å². The summed E-state index contributed by atoms with van der Waals surface area (Å²) in [6, 6.07) is 5.87. The summed E-state index contributed by atoms with van der Waals surface area (Å²) in [5.41, 5.74) is 3.70. The Kier molecular flexibility index (Phi) is 9.02. The van der Waals surface area contributed by atoms with Gasteiger partial charge in [0.2, 0.25) is 0 Å². The van der Waals surface area contributed by atoms with E-state index < -0.39 is 30.4 Å². The highest BCUT2D eigenvalue weighted by atomic mass is 19.1. The molecule has 0 bridgehead atoms. The minimum absolute atomic E-state index is 0.0166. The van der Waals surface area contributed by atoms with Gasteiger partial charge in [0.25, 0.3) is 0 Å². The summed E-state index contributed by atoms with van der Waals surface area (Å²) in [5.74, 6) is -1.77. The van der Waals surface area contributed by atoms with Crippen LogP contribution < -0.4 is 0 Å². The lowest BCUT2D eigenvalue weighted by Gasteiger charge is -2.22. The summed E-state index contributed by atoms with van der Waals surface area (Å²) in [6.45, 7) is 9.32. The number of aliphatic hydroxyl groups is 2. The van der Waals surface area contributed by atoms with Gasteiger partial charge in [-0.3, -0.25) is 14.6 Å². The number of carboxylic acid groups (broad SMARTS) is 1. The topological polar surface area (TPSA) is 108 Å². The Morgan fingerprint density at radius 1 is 1.03 bits per heavy atom. The van der Waals surface area contributed by atoms with Crippen molar-refractivity contribution < 1.29 is 29.3 Å². The van der Waals surface area contributed by atoms with Crippen LogP contribution in [-0.2, 0) is 4.79 Å². The number of halogens is 1. The van der Waals surface area contributed by atoms with E-state index in [1.165, 1.54) is 25.1 Å². The second-order valence-electron chi connectivity index (χ2n) is 8.83. The van der Waals surface area contributed by atoms with Crippen molar-refractivity contribution in [2.75, 3.05) is 0 Å². The van der Waals surface area contributed by atoms with Crippen molar-refractivity contribution in [2.45, 2.75) is 71.5 Å². The first-order valence-corrected chi connectivity index (χ1v) is 11.0. The number of ketones is 1. The van der Waals surface area contributed by atoms with Crippen LogP contribution in [0.2, 0.25) is 0 Å². The average molecular weight is 458 g/mol. The summed E-state index contributed by atoms with van der Waals surface area (Å²) in [7, 11) is 0. The van der Waals surface area contributed by atoms with Crippen molar-refractivity contribution in [3.05, 3.63) is 58.7 Å². The Balaban J connectivity index is 2.73. The van der Waals surface area contributed by atoms with Gasteiger partial charge in [-0.2, -0.15) is 0 Å². The Bertz CT molecular complexity index is 1030. The largest absolute Gasteiger partial charge is 0.481 e. The molecule has 3 N–H and O–H groups in total. The number of carbonyl (C=O) groups is 2. The van der Waals surface area contributed by atoms with Crippen molar-refractivity contribution in [1.82, 2.24) is 4.98 Å². The minimum atomic E-state index is -1.20. The zero-order valence-corrected chi connectivity index (χ0v) is 19.7. The average Bonchev–Trinajstić information content (AvgIpc) is 2.70. The van der Waals surface area contributed by atoms with Crippen molar-refractivity contribution in [2.24, 2.45) is 0 Å². The number of aliphatic carboxylic acids is 1. The van der Waals surface area contributed by atoms with Gasteiger partial charge < -0.3 is 15.3 Å². The van der Waals surface area contributed by atoms with Crippen LogP contribution in [0.5, 0.6) is 0 Å². The fourth-order valence-corrected chi connectivity index (χ4v) is 3.79. The zero-order valence-electron chi connectivity index (χ0n) is 19.7. The number of carboxylic acids is 1. The van der Waals surface area contributed by atoms with Gasteiger partial charge >= 0.3 is 5.97 Å². The van der Waals surface area contributed by atoms with E-state index in [9.17, 15) is 24.2 Å². The molecule has 33 heavy (non-hydrogen) atoms. The third-order valence-electron chi connectivity index (χ3n) is 5.28. The van der Waals surface area contributed by atoms with E-state index in [0.29, 0.717) is 27.9 Å². The fourth-order valence-electron chi connectivity index (χ4n) is 3.79. The lowest BCUT2D eigenvalue weighted by atomic mass is 9.85. The molecular weight excluding hydrogens is 425 g/mol. The molecule has 0 aliphatic rings. The van der Waals surface area contributed by atoms with Crippen LogP contribution in [0.25, 0.3) is 17.2 Å². The number of nitrogens with zero attached hydrogens (tertiary/aromatic N) is 1. The standard InChI is InChI=1S/C26H32FNO5/c1-14(2)25-21(11-10-19(30)12-20(31)13-22(32)33)24(17-6-8-18(27)9-7-17)23(16(5)29)26(28-25)15(3)4/h6-11,14-15,19-20,30-31H,12-13H2,1-5H3,(H,32,33)/b11-10+/t19-,20-/m1/s1. The SMILES string of the molecule is CC(=O)c1c(C(C)C)nc(C(C)C)c(/C=C/[C@@H](O)C[C@@H](O)CC(=O)O)c1-c1ccc(F)cc1. The highest BCUT2D eigenvalue weighted by molar-refractivity contribution is 6.04. The lowest BCUT2D eigenvalue weighted by Crippen LogP contribution is -2.19. The molecule has 2 atom stereocenters. The highest BCUT2D eigenvalue weighted by Crippen LogP contribution is 2.37. The zero-order chi connectivity index (χ0) is 24.9. The first-order valence-electron chi connectivity index (χ1n) is 11.0. The van der Waals surface area contributed by atoms with Crippen LogP contribution in [0.4, 0.5) is 4.39 Å². The number of carbonyl (C=O) groups excluding carboxylic acids is 1. The van der Waals surface area contributed by atoms with Gasteiger partial charge in [0.15, 0.2) is 5.78 Å².